The van der Waals surface area contributed by atoms with Crippen molar-refractivity contribution in [2.45, 2.75) is 0 Å². The molecule has 1 saturated heterocycles. The van der Waals surface area contributed by atoms with E-state index in [0.29, 0.717) is 17.3 Å². The average Bonchev–Trinajstić information content (AvgIpc) is 3.28. The maximum absolute atomic E-state index is 5.41. The van der Waals surface area contributed by atoms with Crippen LogP contribution in [-0.2, 0) is 4.74 Å². The molecule has 3 aromatic heterocycles. The molecule has 9 heteroatoms. The topological polar surface area (TPSA) is 86.0 Å². The molecule has 0 atom stereocenters. The van der Waals surface area contributed by atoms with Gasteiger partial charge >= 0.3 is 0 Å². The molecule has 0 radical (unpaired) electrons. The Hall–Kier alpha value is -3.85. The number of methoxy groups -OCH3 is 2. The van der Waals surface area contributed by atoms with Gasteiger partial charge in [-0.1, -0.05) is 0 Å². The fourth-order valence-corrected chi connectivity index (χ4v) is 3.69. The van der Waals surface area contributed by atoms with Crippen molar-refractivity contribution >= 4 is 23.0 Å². The lowest BCUT2D eigenvalue weighted by molar-refractivity contribution is 0.122. The van der Waals surface area contributed by atoms with Crippen molar-refractivity contribution in [2.75, 3.05) is 50.7 Å². The summed E-state index contributed by atoms with van der Waals surface area (Å²) < 4.78 is 18.0. The first-order valence-corrected chi connectivity index (χ1v) is 10.4. The third-order valence-corrected chi connectivity index (χ3v) is 5.39. The van der Waals surface area contributed by atoms with Gasteiger partial charge in [-0.25, -0.2) is 14.5 Å². The smallest absolute Gasteiger partial charge is 0.165 e. The maximum atomic E-state index is 5.41. The quantitative estimate of drug-likeness (QED) is 0.496. The van der Waals surface area contributed by atoms with Crippen LogP contribution in [0.1, 0.15) is 0 Å². The van der Waals surface area contributed by atoms with Crippen molar-refractivity contribution in [3.63, 3.8) is 0 Å². The first-order chi connectivity index (χ1) is 15.7. The molecule has 0 amide bonds. The van der Waals surface area contributed by atoms with Gasteiger partial charge in [-0.05, 0) is 35.9 Å². The summed E-state index contributed by atoms with van der Waals surface area (Å²) in [5.74, 6) is 3.07. The zero-order valence-electron chi connectivity index (χ0n) is 18.0. The second-order valence-corrected chi connectivity index (χ2v) is 7.37. The maximum Gasteiger partial charge on any atom is 0.165 e. The minimum Gasteiger partial charge on any atom is -0.497 e. The highest BCUT2D eigenvalue weighted by molar-refractivity contribution is 5.79. The molecule has 0 unspecified atom stereocenters. The summed E-state index contributed by atoms with van der Waals surface area (Å²) in [6.07, 6.45) is 5.49. The number of nitrogens with zero attached hydrogens (tertiary/aromatic N) is 5. The van der Waals surface area contributed by atoms with Gasteiger partial charge in [0.1, 0.15) is 23.1 Å². The van der Waals surface area contributed by atoms with Crippen molar-refractivity contribution in [1.82, 2.24) is 19.6 Å². The molecule has 0 aliphatic carbocycles. The molecule has 1 fully saturated rings. The van der Waals surface area contributed by atoms with Gasteiger partial charge in [-0.3, -0.25) is 0 Å². The normalized spacial score (nSPS) is 13.9. The van der Waals surface area contributed by atoms with Crippen LogP contribution in [0.5, 0.6) is 11.5 Å². The van der Waals surface area contributed by atoms with E-state index in [1.54, 1.807) is 24.9 Å². The van der Waals surface area contributed by atoms with Gasteiger partial charge in [-0.15, -0.1) is 0 Å². The number of nitrogens with one attached hydrogen (secondary N) is 1. The van der Waals surface area contributed by atoms with Gasteiger partial charge in [0.15, 0.2) is 5.65 Å². The predicted octanol–water partition coefficient (Wildman–Crippen LogP) is 3.39. The van der Waals surface area contributed by atoms with Gasteiger partial charge < -0.3 is 24.4 Å². The zero-order chi connectivity index (χ0) is 21.9. The molecule has 1 N–H and O–H groups in total. The number of hydrogen-bond donors (Lipinski definition) is 1. The molecule has 0 saturated carbocycles. The van der Waals surface area contributed by atoms with Crippen LogP contribution in [0.15, 0.2) is 55.0 Å². The van der Waals surface area contributed by atoms with Gasteiger partial charge in [0.2, 0.25) is 0 Å². The Bertz CT molecular complexity index is 1200. The standard InChI is InChI=1S/C23H24N6O3/c1-30-18-11-16(12-19(13-18)31-2)20-15-25-29-6-5-21(27-23(20)29)26-17-3-4-22(24-14-17)28-7-9-32-10-8-28/h3-6,11-15H,7-10H2,1-2H3,(H,26,27). The highest BCUT2D eigenvalue weighted by atomic mass is 16.5. The van der Waals surface area contributed by atoms with Gasteiger partial charge in [0, 0.05) is 30.9 Å². The van der Waals surface area contributed by atoms with Crippen LogP contribution in [0.25, 0.3) is 16.8 Å². The van der Waals surface area contributed by atoms with E-state index < -0.39 is 0 Å². The summed E-state index contributed by atoms with van der Waals surface area (Å²) in [5, 5.41) is 7.77. The number of ether oxygens (including phenoxy) is 3. The largest absolute Gasteiger partial charge is 0.497 e. The Labute approximate surface area is 185 Å². The average molecular weight is 432 g/mol. The van der Waals surface area contributed by atoms with Crippen LogP contribution in [0.2, 0.25) is 0 Å². The molecule has 9 nitrogen and oxygen atoms in total. The van der Waals surface area contributed by atoms with Crippen molar-refractivity contribution in [1.29, 1.82) is 0 Å². The number of fused-ring (bicyclic) bond motifs is 1. The van der Waals surface area contributed by atoms with Crippen molar-refractivity contribution in [3.05, 3.63) is 55.0 Å². The zero-order valence-corrected chi connectivity index (χ0v) is 18.0. The minimum absolute atomic E-state index is 0.704. The molecule has 5 rings (SSSR count). The summed E-state index contributed by atoms with van der Waals surface area (Å²) in [6, 6.07) is 11.6. The molecular formula is C23H24N6O3. The molecule has 1 aliphatic heterocycles. The lowest BCUT2D eigenvalue weighted by Gasteiger charge is -2.27. The van der Waals surface area contributed by atoms with Gasteiger partial charge in [0.25, 0.3) is 0 Å². The third kappa shape index (κ3) is 4.02. The monoisotopic (exact) mass is 432 g/mol. The highest BCUT2D eigenvalue weighted by Crippen LogP contribution is 2.32. The predicted molar refractivity (Wildman–Crippen MR) is 122 cm³/mol. The van der Waals surface area contributed by atoms with Crippen molar-refractivity contribution < 1.29 is 14.2 Å². The van der Waals surface area contributed by atoms with E-state index in [1.165, 1.54) is 0 Å². The third-order valence-electron chi connectivity index (χ3n) is 5.39. The number of pyridine rings is 1. The van der Waals surface area contributed by atoms with Gasteiger partial charge in [0.05, 0.1) is 45.5 Å². The van der Waals surface area contributed by atoms with Crippen LogP contribution in [-0.4, -0.2) is 60.1 Å². The number of hydrogen-bond acceptors (Lipinski definition) is 8. The summed E-state index contributed by atoms with van der Waals surface area (Å²) in [6.45, 7) is 3.19. The summed E-state index contributed by atoms with van der Waals surface area (Å²) in [5.41, 5.74) is 3.38. The first-order valence-electron chi connectivity index (χ1n) is 10.4. The highest BCUT2D eigenvalue weighted by Gasteiger charge is 2.14. The number of rotatable bonds is 6. The van der Waals surface area contributed by atoms with E-state index in [-0.39, 0.29) is 0 Å². The van der Waals surface area contributed by atoms with Crippen LogP contribution >= 0.6 is 0 Å². The molecule has 32 heavy (non-hydrogen) atoms. The second kappa shape index (κ2) is 8.72. The minimum atomic E-state index is 0.704. The molecule has 4 heterocycles. The number of benzene rings is 1. The Kier molecular flexibility index (Phi) is 5.47. The molecule has 4 aromatic rings. The second-order valence-electron chi connectivity index (χ2n) is 7.37. The van der Waals surface area contributed by atoms with E-state index in [0.717, 1.165) is 54.6 Å². The Morgan fingerprint density at radius 1 is 0.969 bits per heavy atom. The summed E-state index contributed by atoms with van der Waals surface area (Å²) >= 11 is 0. The fourth-order valence-electron chi connectivity index (χ4n) is 3.69. The van der Waals surface area contributed by atoms with Gasteiger partial charge in [-0.2, -0.15) is 5.10 Å². The van der Waals surface area contributed by atoms with Crippen LogP contribution in [0.4, 0.5) is 17.3 Å². The number of aromatic nitrogens is 4. The Morgan fingerprint density at radius 3 is 2.44 bits per heavy atom. The fraction of sp³-hybridized carbons (Fsp3) is 0.261. The number of anilines is 3. The van der Waals surface area contributed by atoms with E-state index in [1.807, 2.05) is 48.8 Å². The van der Waals surface area contributed by atoms with Crippen molar-refractivity contribution in [2.24, 2.45) is 0 Å². The van der Waals surface area contributed by atoms with Crippen LogP contribution < -0.4 is 19.7 Å². The van der Waals surface area contributed by atoms with Crippen LogP contribution in [0.3, 0.4) is 0 Å². The molecular weight excluding hydrogens is 408 g/mol. The molecule has 1 aliphatic rings. The molecule has 164 valence electrons. The molecule has 0 bridgehead atoms. The van der Waals surface area contributed by atoms with E-state index >= 15 is 0 Å². The lowest BCUT2D eigenvalue weighted by atomic mass is 10.1. The van der Waals surface area contributed by atoms with Crippen LogP contribution in [0, 0.1) is 0 Å². The Morgan fingerprint density at radius 2 is 1.75 bits per heavy atom. The van der Waals surface area contributed by atoms with Crippen molar-refractivity contribution in [3.8, 4) is 22.6 Å². The van der Waals surface area contributed by atoms with E-state index in [9.17, 15) is 0 Å². The summed E-state index contributed by atoms with van der Waals surface area (Å²) in [7, 11) is 3.26. The van der Waals surface area contributed by atoms with E-state index in [2.05, 4.69) is 20.3 Å². The summed E-state index contributed by atoms with van der Waals surface area (Å²) in [4.78, 5) is 11.6. The molecule has 0 spiro atoms. The van der Waals surface area contributed by atoms with E-state index in [4.69, 9.17) is 19.2 Å². The molecule has 1 aromatic carbocycles. The SMILES string of the molecule is COc1cc(OC)cc(-c2cnn3ccc(Nc4ccc(N5CCOCC5)nc4)nc23)c1. The first kappa shape index (κ1) is 20.1. The Balaban J connectivity index is 1.42. The lowest BCUT2D eigenvalue weighted by Crippen LogP contribution is -2.36. The number of morpholine rings is 1.